The fraction of sp³-hybridized carbons (Fsp3) is 0.615. The molecule has 1 heterocycles. The molecule has 1 saturated carbocycles. The van der Waals surface area contributed by atoms with Crippen LogP contribution in [0.2, 0.25) is 5.02 Å². The van der Waals surface area contributed by atoms with E-state index in [1.807, 2.05) is 6.07 Å². The minimum Gasteiger partial charge on any atom is -0.392 e. The number of hydrogen-bond acceptors (Lipinski definition) is 3. The average Bonchev–Trinajstić information content (AvgIpc) is 2.82. The Morgan fingerprint density at radius 1 is 1.47 bits per heavy atom. The molecule has 3 nitrogen and oxygen atoms in total. The summed E-state index contributed by atoms with van der Waals surface area (Å²) in [5, 5.41) is 9.71. The molecule has 1 fully saturated rings. The number of aliphatic hydroxyl groups is 1. The molecule has 0 radical (unpaired) electrons. The van der Waals surface area contributed by atoms with Gasteiger partial charge in [-0.25, -0.2) is 4.98 Å². The molecule has 1 aliphatic rings. The van der Waals surface area contributed by atoms with Crippen molar-refractivity contribution >= 4 is 17.4 Å². The highest BCUT2D eigenvalue weighted by Crippen LogP contribution is 2.27. The van der Waals surface area contributed by atoms with Crippen LogP contribution in [-0.2, 0) is 6.61 Å². The van der Waals surface area contributed by atoms with Crippen molar-refractivity contribution in [3.63, 3.8) is 0 Å². The van der Waals surface area contributed by atoms with Gasteiger partial charge in [-0.05, 0) is 24.8 Å². The molecule has 94 valence electrons. The molecular formula is C13H19ClN2O. The third-order valence-electron chi connectivity index (χ3n) is 3.49. The summed E-state index contributed by atoms with van der Waals surface area (Å²) in [6, 6.07) is 1.87. The predicted octanol–water partition coefficient (Wildman–Crippen LogP) is 2.85. The normalized spacial score (nSPS) is 16.4. The molecule has 17 heavy (non-hydrogen) atoms. The Balaban J connectivity index is 2.04. The van der Waals surface area contributed by atoms with Gasteiger partial charge in [-0.1, -0.05) is 24.4 Å². The number of anilines is 1. The second kappa shape index (κ2) is 5.69. The molecular weight excluding hydrogens is 236 g/mol. The van der Waals surface area contributed by atoms with E-state index in [0.717, 1.165) is 23.8 Å². The monoisotopic (exact) mass is 254 g/mol. The fourth-order valence-corrected chi connectivity index (χ4v) is 2.63. The van der Waals surface area contributed by atoms with Crippen LogP contribution < -0.4 is 4.90 Å². The lowest BCUT2D eigenvalue weighted by Gasteiger charge is -2.22. The van der Waals surface area contributed by atoms with E-state index in [1.54, 1.807) is 6.20 Å². The molecule has 1 aliphatic carbocycles. The van der Waals surface area contributed by atoms with Crippen LogP contribution >= 0.6 is 11.6 Å². The predicted molar refractivity (Wildman–Crippen MR) is 70.4 cm³/mol. The zero-order chi connectivity index (χ0) is 12.3. The van der Waals surface area contributed by atoms with E-state index in [0.29, 0.717) is 5.02 Å². The Morgan fingerprint density at radius 2 is 2.18 bits per heavy atom. The van der Waals surface area contributed by atoms with Crippen molar-refractivity contribution in [2.45, 2.75) is 32.3 Å². The molecule has 1 aromatic heterocycles. The Bertz CT molecular complexity index is 378. The van der Waals surface area contributed by atoms with Crippen LogP contribution in [0.3, 0.4) is 0 Å². The number of aromatic nitrogens is 1. The van der Waals surface area contributed by atoms with Crippen LogP contribution in [0.1, 0.15) is 31.2 Å². The maximum Gasteiger partial charge on any atom is 0.128 e. The number of pyridine rings is 1. The van der Waals surface area contributed by atoms with E-state index in [1.165, 1.54) is 25.7 Å². The van der Waals surface area contributed by atoms with Gasteiger partial charge in [0.2, 0.25) is 0 Å². The van der Waals surface area contributed by atoms with Crippen molar-refractivity contribution in [2.24, 2.45) is 5.92 Å². The zero-order valence-electron chi connectivity index (χ0n) is 10.2. The van der Waals surface area contributed by atoms with Gasteiger partial charge in [0.05, 0.1) is 11.6 Å². The Kier molecular flexibility index (Phi) is 4.24. The first-order valence-corrected chi connectivity index (χ1v) is 6.55. The largest absolute Gasteiger partial charge is 0.392 e. The van der Waals surface area contributed by atoms with Gasteiger partial charge in [0.15, 0.2) is 0 Å². The summed E-state index contributed by atoms with van der Waals surface area (Å²) < 4.78 is 0. The summed E-state index contributed by atoms with van der Waals surface area (Å²) in [6.45, 7) is 1.01. The summed E-state index contributed by atoms with van der Waals surface area (Å²) in [5.74, 6) is 1.68. The van der Waals surface area contributed by atoms with Crippen molar-refractivity contribution in [1.82, 2.24) is 4.98 Å². The standard InChI is InChI=1S/C13H19ClN2O/c1-16(8-10-4-2-3-5-10)13-6-11(9-17)12(14)7-15-13/h6-7,10,17H,2-5,8-9H2,1H3. The quantitative estimate of drug-likeness (QED) is 0.898. The summed E-state index contributed by atoms with van der Waals surface area (Å²) in [4.78, 5) is 6.47. The molecule has 0 aromatic carbocycles. The van der Waals surface area contributed by atoms with Crippen molar-refractivity contribution in [2.75, 3.05) is 18.5 Å². The first-order valence-electron chi connectivity index (χ1n) is 6.17. The molecule has 4 heteroatoms. The second-order valence-electron chi connectivity index (χ2n) is 4.82. The SMILES string of the molecule is CN(CC1CCCC1)c1cc(CO)c(Cl)cn1. The minimum atomic E-state index is -0.0361. The summed E-state index contributed by atoms with van der Waals surface area (Å²) in [5.41, 5.74) is 0.745. The minimum absolute atomic E-state index is 0.0361. The number of nitrogens with zero attached hydrogens (tertiary/aromatic N) is 2. The van der Waals surface area contributed by atoms with E-state index in [4.69, 9.17) is 11.6 Å². The molecule has 2 rings (SSSR count). The zero-order valence-corrected chi connectivity index (χ0v) is 11.0. The molecule has 0 amide bonds. The van der Waals surface area contributed by atoms with Crippen molar-refractivity contribution in [3.05, 3.63) is 22.8 Å². The smallest absolute Gasteiger partial charge is 0.128 e. The van der Waals surface area contributed by atoms with E-state index < -0.39 is 0 Å². The Labute approximate surface area is 107 Å². The van der Waals surface area contributed by atoms with Crippen LogP contribution in [0.4, 0.5) is 5.82 Å². The van der Waals surface area contributed by atoms with Crippen molar-refractivity contribution < 1.29 is 5.11 Å². The molecule has 0 spiro atoms. The Morgan fingerprint density at radius 3 is 2.82 bits per heavy atom. The molecule has 0 atom stereocenters. The topological polar surface area (TPSA) is 36.4 Å². The molecule has 0 aliphatic heterocycles. The molecule has 1 aromatic rings. The van der Waals surface area contributed by atoms with Gasteiger partial charge >= 0.3 is 0 Å². The van der Waals surface area contributed by atoms with Crippen LogP contribution in [0.15, 0.2) is 12.3 Å². The van der Waals surface area contributed by atoms with Gasteiger partial charge in [-0.2, -0.15) is 0 Å². The number of halogens is 1. The van der Waals surface area contributed by atoms with Gasteiger partial charge in [-0.3, -0.25) is 0 Å². The number of rotatable bonds is 4. The van der Waals surface area contributed by atoms with Crippen LogP contribution in [-0.4, -0.2) is 23.7 Å². The Hall–Kier alpha value is -0.800. The third-order valence-corrected chi connectivity index (χ3v) is 3.83. The van der Waals surface area contributed by atoms with Gasteiger partial charge in [-0.15, -0.1) is 0 Å². The van der Waals surface area contributed by atoms with Gasteiger partial charge in [0.1, 0.15) is 5.82 Å². The van der Waals surface area contributed by atoms with Crippen LogP contribution in [0, 0.1) is 5.92 Å². The van der Waals surface area contributed by atoms with Gasteiger partial charge < -0.3 is 10.0 Å². The third kappa shape index (κ3) is 3.11. The van der Waals surface area contributed by atoms with E-state index >= 15 is 0 Å². The van der Waals surface area contributed by atoms with Crippen molar-refractivity contribution in [1.29, 1.82) is 0 Å². The maximum absolute atomic E-state index is 9.18. The summed E-state index contributed by atoms with van der Waals surface area (Å²) in [7, 11) is 2.05. The number of aliphatic hydroxyl groups excluding tert-OH is 1. The first-order chi connectivity index (χ1) is 8.20. The lowest BCUT2D eigenvalue weighted by Crippen LogP contribution is -2.24. The van der Waals surface area contributed by atoms with E-state index in [2.05, 4.69) is 16.9 Å². The van der Waals surface area contributed by atoms with Crippen LogP contribution in [0.5, 0.6) is 0 Å². The molecule has 0 bridgehead atoms. The number of hydrogen-bond donors (Lipinski definition) is 1. The second-order valence-corrected chi connectivity index (χ2v) is 5.23. The van der Waals surface area contributed by atoms with Gasteiger partial charge in [0, 0.05) is 25.4 Å². The van der Waals surface area contributed by atoms with Crippen LogP contribution in [0.25, 0.3) is 0 Å². The van der Waals surface area contributed by atoms with Crippen molar-refractivity contribution in [3.8, 4) is 0 Å². The highest BCUT2D eigenvalue weighted by atomic mass is 35.5. The van der Waals surface area contributed by atoms with E-state index in [-0.39, 0.29) is 6.61 Å². The average molecular weight is 255 g/mol. The van der Waals surface area contributed by atoms with E-state index in [9.17, 15) is 5.11 Å². The highest BCUT2D eigenvalue weighted by Gasteiger charge is 2.17. The van der Waals surface area contributed by atoms with Gasteiger partial charge in [0.25, 0.3) is 0 Å². The highest BCUT2D eigenvalue weighted by molar-refractivity contribution is 6.31. The molecule has 0 unspecified atom stereocenters. The maximum atomic E-state index is 9.18. The lowest BCUT2D eigenvalue weighted by molar-refractivity contribution is 0.282. The molecule has 1 N–H and O–H groups in total. The lowest BCUT2D eigenvalue weighted by atomic mass is 10.1. The summed E-state index contributed by atoms with van der Waals surface area (Å²) in [6.07, 6.45) is 6.98. The fourth-order valence-electron chi connectivity index (χ4n) is 2.47. The molecule has 0 saturated heterocycles. The first kappa shape index (κ1) is 12.7. The summed E-state index contributed by atoms with van der Waals surface area (Å²) >= 11 is 5.93.